The van der Waals surface area contributed by atoms with E-state index in [2.05, 4.69) is 6.92 Å². The van der Waals surface area contributed by atoms with Gasteiger partial charge >= 0.3 is 5.97 Å². The minimum absolute atomic E-state index is 0.105. The normalized spacial score (nSPS) is 22.7. The Morgan fingerprint density at radius 2 is 1.92 bits per heavy atom. The monoisotopic (exact) mass is 329 g/mol. The van der Waals surface area contributed by atoms with Gasteiger partial charge in [-0.3, -0.25) is 9.59 Å². The van der Waals surface area contributed by atoms with Crippen molar-refractivity contribution in [1.29, 1.82) is 0 Å². The van der Waals surface area contributed by atoms with E-state index in [9.17, 15) is 14.7 Å². The molecule has 1 heterocycles. The van der Waals surface area contributed by atoms with E-state index in [1.54, 1.807) is 4.90 Å². The van der Waals surface area contributed by atoms with E-state index in [0.29, 0.717) is 31.3 Å². The van der Waals surface area contributed by atoms with Crippen molar-refractivity contribution < 1.29 is 14.7 Å². The highest BCUT2D eigenvalue weighted by atomic mass is 16.4. The average Bonchev–Trinajstić information content (AvgIpc) is 2.61. The van der Waals surface area contributed by atoms with E-state index in [1.165, 1.54) is 32.1 Å². The van der Waals surface area contributed by atoms with E-state index in [0.717, 1.165) is 11.1 Å². The van der Waals surface area contributed by atoms with Crippen LogP contribution in [0.25, 0.3) is 0 Å². The molecule has 3 rings (SSSR count). The van der Waals surface area contributed by atoms with Crippen LogP contribution in [-0.2, 0) is 16.1 Å². The molecule has 1 N–H and O–H groups in total. The maximum Gasteiger partial charge on any atom is 0.312 e. The zero-order valence-corrected chi connectivity index (χ0v) is 14.4. The molecule has 0 saturated heterocycles. The van der Waals surface area contributed by atoms with Gasteiger partial charge < -0.3 is 10.0 Å². The summed E-state index contributed by atoms with van der Waals surface area (Å²) in [6.07, 6.45) is 6.88. The molecule has 1 aliphatic heterocycles. The molecule has 1 aromatic rings. The van der Waals surface area contributed by atoms with Gasteiger partial charge in [0.05, 0.1) is 5.92 Å². The molecule has 1 saturated carbocycles. The number of carboxylic acids is 1. The molecule has 4 nitrogen and oxygen atoms in total. The molecule has 0 aromatic heterocycles. The number of hydrogen-bond donors (Lipinski definition) is 1. The molecule has 0 bridgehead atoms. The molecule has 2 unspecified atom stereocenters. The van der Waals surface area contributed by atoms with Gasteiger partial charge in [-0.2, -0.15) is 0 Å². The highest BCUT2D eigenvalue weighted by Crippen LogP contribution is 2.33. The summed E-state index contributed by atoms with van der Waals surface area (Å²) < 4.78 is 0. The maximum atomic E-state index is 12.8. The summed E-state index contributed by atoms with van der Waals surface area (Å²) in [5.41, 5.74) is 1.82. The molecule has 1 aromatic carbocycles. The van der Waals surface area contributed by atoms with Crippen molar-refractivity contribution in [2.45, 2.75) is 57.9 Å². The largest absolute Gasteiger partial charge is 0.481 e. The van der Waals surface area contributed by atoms with E-state index in [1.807, 2.05) is 24.3 Å². The van der Waals surface area contributed by atoms with Crippen LogP contribution in [0.5, 0.6) is 0 Å². The second kappa shape index (κ2) is 7.37. The Bertz CT molecular complexity index is 607. The van der Waals surface area contributed by atoms with E-state index < -0.39 is 11.9 Å². The molecule has 1 amide bonds. The van der Waals surface area contributed by atoms with Crippen molar-refractivity contribution in [2.24, 2.45) is 11.8 Å². The van der Waals surface area contributed by atoms with Gasteiger partial charge in [-0.15, -0.1) is 0 Å². The third kappa shape index (κ3) is 3.63. The van der Waals surface area contributed by atoms with Crippen molar-refractivity contribution >= 4 is 11.9 Å². The fourth-order valence-electron chi connectivity index (χ4n) is 4.28. The Balaban J connectivity index is 1.68. The maximum absolute atomic E-state index is 12.8. The first-order valence-electron chi connectivity index (χ1n) is 9.14. The first kappa shape index (κ1) is 17.0. The van der Waals surface area contributed by atoms with Crippen LogP contribution in [0.1, 0.15) is 62.5 Å². The molecule has 130 valence electrons. The number of aliphatic carboxylic acids is 1. The first-order valence-corrected chi connectivity index (χ1v) is 9.14. The second-order valence-corrected chi connectivity index (χ2v) is 7.44. The number of rotatable bonds is 4. The van der Waals surface area contributed by atoms with Crippen LogP contribution in [0.3, 0.4) is 0 Å². The Hall–Kier alpha value is -1.84. The fraction of sp³-hybridized carbons (Fsp3) is 0.600. The number of fused-ring (bicyclic) bond motifs is 1. The Kier molecular flexibility index (Phi) is 5.22. The molecular weight excluding hydrogens is 302 g/mol. The molecule has 2 aliphatic rings. The van der Waals surface area contributed by atoms with Gasteiger partial charge in [-0.1, -0.05) is 63.3 Å². The zero-order chi connectivity index (χ0) is 17.1. The van der Waals surface area contributed by atoms with Gasteiger partial charge in [0.25, 0.3) is 0 Å². The highest BCUT2D eigenvalue weighted by molar-refractivity contribution is 5.81. The zero-order valence-electron chi connectivity index (χ0n) is 14.4. The summed E-state index contributed by atoms with van der Waals surface area (Å²) in [4.78, 5) is 26.1. The van der Waals surface area contributed by atoms with Crippen LogP contribution in [-0.4, -0.2) is 28.4 Å². The SMILES string of the molecule is CC(CC(=O)N1Cc2ccccc2C(C(=O)O)C1)C1CCCCC1. The number of benzene rings is 1. The summed E-state index contributed by atoms with van der Waals surface area (Å²) >= 11 is 0. The van der Waals surface area contributed by atoms with Gasteiger partial charge in [0, 0.05) is 19.5 Å². The van der Waals surface area contributed by atoms with Crippen molar-refractivity contribution in [2.75, 3.05) is 6.54 Å². The lowest BCUT2D eigenvalue weighted by Gasteiger charge is -2.34. The molecular formula is C20H27NO3. The van der Waals surface area contributed by atoms with Crippen LogP contribution in [0.4, 0.5) is 0 Å². The van der Waals surface area contributed by atoms with Crippen molar-refractivity contribution in [3.63, 3.8) is 0 Å². The van der Waals surface area contributed by atoms with Crippen LogP contribution in [0.2, 0.25) is 0 Å². The quantitative estimate of drug-likeness (QED) is 0.914. The van der Waals surface area contributed by atoms with E-state index >= 15 is 0 Å². The highest BCUT2D eigenvalue weighted by Gasteiger charge is 2.33. The molecule has 0 radical (unpaired) electrons. The summed E-state index contributed by atoms with van der Waals surface area (Å²) in [7, 11) is 0. The number of amides is 1. The van der Waals surface area contributed by atoms with Gasteiger partial charge in [0.2, 0.25) is 5.91 Å². The van der Waals surface area contributed by atoms with Crippen LogP contribution in [0, 0.1) is 11.8 Å². The fourth-order valence-corrected chi connectivity index (χ4v) is 4.28. The number of nitrogens with zero attached hydrogens (tertiary/aromatic N) is 1. The second-order valence-electron chi connectivity index (χ2n) is 7.44. The minimum atomic E-state index is -0.847. The Morgan fingerprint density at radius 1 is 1.21 bits per heavy atom. The molecule has 1 aliphatic carbocycles. The lowest BCUT2D eigenvalue weighted by Crippen LogP contribution is -2.41. The van der Waals surface area contributed by atoms with Crippen molar-refractivity contribution in [1.82, 2.24) is 4.90 Å². The molecule has 1 fully saturated rings. The molecule has 24 heavy (non-hydrogen) atoms. The predicted octanol–water partition coefficient (Wildman–Crippen LogP) is 3.80. The summed E-state index contributed by atoms with van der Waals surface area (Å²) in [5.74, 6) is -0.314. The topological polar surface area (TPSA) is 57.6 Å². The van der Waals surface area contributed by atoms with Crippen LogP contribution < -0.4 is 0 Å². The van der Waals surface area contributed by atoms with Crippen LogP contribution >= 0.6 is 0 Å². The number of carbonyl (C=O) groups is 2. The van der Waals surface area contributed by atoms with Gasteiger partial charge in [-0.25, -0.2) is 0 Å². The van der Waals surface area contributed by atoms with E-state index in [4.69, 9.17) is 0 Å². The molecule has 4 heteroatoms. The summed E-state index contributed by atoms with van der Waals surface area (Å²) in [6.45, 7) is 3.01. The first-order chi connectivity index (χ1) is 11.6. The van der Waals surface area contributed by atoms with Gasteiger partial charge in [-0.05, 0) is 23.0 Å². The lowest BCUT2D eigenvalue weighted by molar-refractivity contribution is -0.141. The third-order valence-electron chi connectivity index (χ3n) is 5.80. The Morgan fingerprint density at radius 3 is 2.62 bits per heavy atom. The van der Waals surface area contributed by atoms with Gasteiger partial charge in [0.15, 0.2) is 0 Å². The number of hydrogen-bond acceptors (Lipinski definition) is 2. The lowest BCUT2D eigenvalue weighted by atomic mass is 9.79. The predicted molar refractivity (Wildman–Crippen MR) is 92.6 cm³/mol. The number of carboxylic acid groups (broad SMARTS) is 1. The summed E-state index contributed by atoms with van der Waals surface area (Å²) in [6, 6.07) is 7.60. The third-order valence-corrected chi connectivity index (χ3v) is 5.80. The van der Waals surface area contributed by atoms with Crippen molar-refractivity contribution in [3.05, 3.63) is 35.4 Å². The molecule has 2 atom stereocenters. The minimum Gasteiger partial charge on any atom is -0.481 e. The standard InChI is InChI=1S/C20H27NO3/c1-14(15-7-3-2-4-8-15)11-19(22)21-12-16-9-5-6-10-17(16)18(13-21)20(23)24/h5-6,9-10,14-15,18H,2-4,7-8,11-13H2,1H3,(H,23,24). The number of carbonyl (C=O) groups excluding carboxylic acids is 1. The van der Waals surface area contributed by atoms with Crippen LogP contribution in [0.15, 0.2) is 24.3 Å². The van der Waals surface area contributed by atoms with Gasteiger partial charge in [0.1, 0.15) is 0 Å². The average molecular weight is 329 g/mol. The summed E-state index contributed by atoms with van der Waals surface area (Å²) in [5, 5.41) is 9.53. The van der Waals surface area contributed by atoms with Crippen molar-refractivity contribution in [3.8, 4) is 0 Å². The smallest absolute Gasteiger partial charge is 0.312 e. The molecule has 0 spiro atoms. The Labute approximate surface area is 143 Å². The van der Waals surface area contributed by atoms with E-state index in [-0.39, 0.29) is 5.91 Å².